The van der Waals surface area contributed by atoms with Crippen molar-refractivity contribution in [2.75, 3.05) is 0 Å². The topological polar surface area (TPSA) is 41.5 Å². The number of amides is 1. The first-order valence-electron chi connectivity index (χ1n) is 9.85. The van der Waals surface area contributed by atoms with E-state index in [1.165, 1.54) is 19.3 Å². The summed E-state index contributed by atoms with van der Waals surface area (Å²) >= 11 is 0. The summed E-state index contributed by atoms with van der Waals surface area (Å²) in [5.74, 6) is 0.391. The van der Waals surface area contributed by atoms with E-state index in [9.17, 15) is 4.79 Å². The van der Waals surface area contributed by atoms with Crippen molar-refractivity contribution in [2.45, 2.75) is 66.7 Å². The fourth-order valence-electron chi connectivity index (χ4n) is 4.65. The largest absolute Gasteiger partial charge is 0.271 e. The molecule has 2 atom stereocenters. The molecule has 1 aromatic rings. The molecule has 0 saturated heterocycles. The molecule has 0 bridgehead atoms. The predicted octanol–water partition coefficient (Wildman–Crippen LogP) is 5.74. The summed E-state index contributed by atoms with van der Waals surface area (Å²) in [6.45, 7) is 11.5. The monoisotopic (exact) mass is 352 g/mol. The minimum atomic E-state index is -0.144. The molecule has 0 fully saturated rings. The van der Waals surface area contributed by atoms with E-state index in [1.807, 2.05) is 30.3 Å². The molecular weight excluding hydrogens is 320 g/mol. The summed E-state index contributed by atoms with van der Waals surface area (Å²) in [5.41, 5.74) is 8.07. The van der Waals surface area contributed by atoms with Gasteiger partial charge in [-0.05, 0) is 62.5 Å². The number of allylic oxidation sites excluding steroid dienone is 2. The number of carbonyl (C=O) groups is 1. The third kappa shape index (κ3) is 3.49. The van der Waals surface area contributed by atoms with E-state index in [1.54, 1.807) is 11.1 Å². The normalized spacial score (nSPS) is 28.5. The lowest BCUT2D eigenvalue weighted by molar-refractivity contribution is 0.0953. The maximum atomic E-state index is 12.3. The van der Waals surface area contributed by atoms with Gasteiger partial charge in [0, 0.05) is 16.7 Å². The maximum absolute atomic E-state index is 12.3. The fraction of sp³-hybridized carbons (Fsp3) is 0.565. The highest BCUT2D eigenvalue weighted by Crippen LogP contribution is 2.54. The summed E-state index contributed by atoms with van der Waals surface area (Å²) in [6.07, 6.45) is 6.08. The molecule has 3 nitrogen and oxygen atoms in total. The summed E-state index contributed by atoms with van der Waals surface area (Å²) < 4.78 is 0. The molecule has 0 radical (unpaired) electrons. The van der Waals surface area contributed by atoms with Gasteiger partial charge in [0.15, 0.2) is 0 Å². The van der Waals surface area contributed by atoms with E-state index in [0.29, 0.717) is 16.9 Å². The molecule has 1 N–H and O–H groups in total. The Kier molecular flexibility index (Phi) is 5.09. The van der Waals surface area contributed by atoms with Gasteiger partial charge in [-0.15, -0.1) is 0 Å². The van der Waals surface area contributed by atoms with Crippen molar-refractivity contribution in [1.82, 2.24) is 5.43 Å². The zero-order valence-electron chi connectivity index (χ0n) is 16.9. The van der Waals surface area contributed by atoms with Crippen LogP contribution in [0.2, 0.25) is 0 Å². The van der Waals surface area contributed by atoms with Gasteiger partial charge in [-0.3, -0.25) is 4.79 Å². The van der Waals surface area contributed by atoms with Gasteiger partial charge in [-0.25, -0.2) is 5.43 Å². The van der Waals surface area contributed by atoms with Crippen molar-refractivity contribution < 1.29 is 4.79 Å². The maximum Gasteiger partial charge on any atom is 0.271 e. The summed E-state index contributed by atoms with van der Waals surface area (Å²) in [6, 6.07) is 9.27. The Hall–Kier alpha value is -1.90. The van der Waals surface area contributed by atoms with Crippen molar-refractivity contribution in [1.29, 1.82) is 0 Å². The van der Waals surface area contributed by atoms with Crippen molar-refractivity contribution in [3.05, 3.63) is 47.0 Å². The van der Waals surface area contributed by atoms with Gasteiger partial charge in [0.25, 0.3) is 5.91 Å². The minimum Gasteiger partial charge on any atom is -0.267 e. The molecule has 0 saturated carbocycles. The van der Waals surface area contributed by atoms with Crippen LogP contribution in [0.4, 0.5) is 0 Å². The Morgan fingerprint density at radius 2 is 1.88 bits per heavy atom. The highest BCUT2D eigenvalue weighted by atomic mass is 16.2. The molecule has 0 heterocycles. The lowest BCUT2D eigenvalue weighted by Crippen LogP contribution is -2.41. The zero-order valence-corrected chi connectivity index (χ0v) is 16.9. The van der Waals surface area contributed by atoms with Crippen molar-refractivity contribution in [3.8, 4) is 0 Å². The first-order chi connectivity index (χ1) is 12.2. The van der Waals surface area contributed by atoms with E-state index in [0.717, 1.165) is 18.6 Å². The van der Waals surface area contributed by atoms with Gasteiger partial charge in [-0.1, -0.05) is 57.0 Å². The van der Waals surface area contributed by atoms with E-state index in [2.05, 4.69) is 45.1 Å². The quantitative estimate of drug-likeness (QED) is 0.421. The Balaban J connectivity index is 1.81. The van der Waals surface area contributed by atoms with Crippen LogP contribution in [0.5, 0.6) is 0 Å². The van der Waals surface area contributed by atoms with Crippen molar-refractivity contribution >= 4 is 11.6 Å². The van der Waals surface area contributed by atoms with Gasteiger partial charge < -0.3 is 0 Å². The van der Waals surface area contributed by atoms with Crippen LogP contribution >= 0.6 is 0 Å². The van der Waals surface area contributed by atoms with E-state index >= 15 is 0 Å². The van der Waals surface area contributed by atoms with Crippen LogP contribution in [0.15, 0.2) is 46.6 Å². The lowest BCUT2D eigenvalue weighted by atomic mass is 9.57. The van der Waals surface area contributed by atoms with Gasteiger partial charge in [0.05, 0.1) is 0 Å². The minimum absolute atomic E-state index is 0.00257. The average molecular weight is 353 g/mol. The summed E-state index contributed by atoms with van der Waals surface area (Å²) in [5, 5.41) is 4.53. The van der Waals surface area contributed by atoms with E-state index < -0.39 is 0 Å². The second-order valence-electron chi connectivity index (χ2n) is 9.02. The molecule has 2 unspecified atom stereocenters. The third-order valence-corrected chi connectivity index (χ3v) is 6.90. The second kappa shape index (κ2) is 7.02. The van der Waals surface area contributed by atoms with Crippen molar-refractivity contribution in [3.63, 3.8) is 0 Å². The number of benzene rings is 1. The smallest absolute Gasteiger partial charge is 0.267 e. The predicted molar refractivity (Wildman–Crippen MR) is 108 cm³/mol. The Bertz CT molecular complexity index is 745. The average Bonchev–Trinajstić information content (AvgIpc) is 2.61. The first-order valence-corrected chi connectivity index (χ1v) is 9.85. The fourth-order valence-corrected chi connectivity index (χ4v) is 4.65. The molecule has 0 spiro atoms. The van der Waals surface area contributed by atoms with Crippen molar-refractivity contribution in [2.24, 2.45) is 21.8 Å². The number of rotatable bonds is 3. The van der Waals surface area contributed by atoms with Gasteiger partial charge >= 0.3 is 0 Å². The summed E-state index contributed by atoms with van der Waals surface area (Å²) in [4.78, 5) is 12.3. The van der Waals surface area contributed by atoms with Gasteiger partial charge in [-0.2, -0.15) is 5.10 Å². The molecule has 1 amide bonds. The molecule has 3 rings (SSSR count). The number of hydrogen-bond donors (Lipinski definition) is 1. The molecule has 0 aliphatic heterocycles. The van der Waals surface area contributed by atoms with Crippen LogP contribution in [-0.4, -0.2) is 11.6 Å². The van der Waals surface area contributed by atoms with Crippen LogP contribution in [0.25, 0.3) is 0 Å². The molecule has 2 aliphatic carbocycles. The standard InChI is InChI=1S/C23H32N2O/c1-16-14-19-12-9-13-22(3,4)20(19)15-23(16,5)17(2)24-25-21(26)18-10-7-6-8-11-18/h6-8,10-11,16H,9,12-15H2,1-5H3,(H,25,26). The third-order valence-electron chi connectivity index (χ3n) is 6.90. The number of hydrazone groups is 1. The molecular formula is C23H32N2O. The molecule has 0 aromatic heterocycles. The van der Waals surface area contributed by atoms with Gasteiger partial charge in [0.1, 0.15) is 0 Å². The number of nitrogens with zero attached hydrogens (tertiary/aromatic N) is 1. The Morgan fingerprint density at radius 3 is 2.58 bits per heavy atom. The highest BCUT2D eigenvalue weighted by molar-refractivity contribution is 5.96. The lowest BCUT2D eigenvalue weighted by Gasteiger charge is -2.48. The number of carbonyl (C=O) groups excluding carboxylic acids is 1. The molecule has 140 valence electrons. The van der Waals surface area contributed by atoms with Crippen LogP contribution < -0.4 is 5.43 Å². The molecule has 1 aromatic carbocycles. The van der Waals surface area contributed by atoms with Crippen LogP contribution in [0.3, 0.4) is 0 Å². The van der Waals surface area contributed by atoms with Gasteiger partial charge in [0.2, 0.25) is 0 Å². The molecule has 2 aliphatic rings. The molecule has 3 heteroatoms. The second-order valence-corrected chi connectivity index (χ2v) is 9.02. The first kappa shape index (κ1) is 18.9. The SMILES string of the molecule is CC(=NNC(=O)c1ccccc1)C1(C)CC2=C(CCCC2(C)C)CC1C. The van der Waals surface area contributed by atoms with E-state index in [4.69, 9.17) is 0 Å². The summed E-state index contributed by atoms with van der Waals surface area (Å²) in [7, 11) is 0. The van der Waals surface area contributed by atoms with E-state index in [-0.39, 0.29) is 11.3 Å². The Morgan fingerprint density at radius 1 is 1.19 bits per heavy atom. The highest BCUT2D eigenvalue weighted by Gasteiger charge is 2.44. The van der Waals surface area contributed by atoms with Crippen LogP contribution in [0.1, 0.15) is 77.1 Å². The Labute approximate surface area is 158 Å². The zero-order chi connectivity index (χ0) is 18.9. The number of hydrogen-bond acceptors (Lipinski definition) is 2. The van der Waals surface area contributed by atoms with Crippen LogP contribution in [-0.2, 0) is 0 Å². The molecule has 26 heavy (non-hydrogen) atoms. The number of nitrogens with one attached hydrogen (secondary N) is 1. The van der Waals surface area contributed by atoms with Crippen LogP contribution in [0, 0.1) is 16.7 Å².